The van der Waals surface area contributed by atoms with Crippen LogP contribution in [0.15, 0.2) is 47.6 Å². The highest BCUT2D eigenvalue weighted by Gasteiger charge is 2.12. The Balaban J connectivity index is 1.66. The van der Waals surface area contributed by atoms with E-state index in [4.69, 9.17) is 4.74 Å². The van der Waals surface area contributed by atoms with Crippen LogP contribution >= 0.6 is 11.8 Å². The van der Waals surface area contributed by atoms with Gasteiger partial charge < -0.3 is 9.30 Å². The van der Waals surface area contributed by atoms with Crippen molar-refractivity contribution < 1.29 is 4.74 Å². The lowest BCUT2D eigenvalue weighted by Gasteiger charge is -2.10. The third-order valence-corrected chi connectivity index (χ3v) is 5.44. The molecule has 0 aliphatic rings. The zero-order valence-corrected chi connectivity index (χ0v) is 16.6. The van der Waals surface area contributed by atoms with Crippen molar-refractivity contribution in [1.29, 1.82) is 0 Å². The lowest BCUT2D eigenvalue weighted by Crippen LogP contribution is -2.07. The van der Waals surface area contributed by atoms with Crippen molar-refractivity contribution in [2.75, 3.05) is 0 Å². The summed E-state index contributed by atoms with van der Waals surface area (Å²) in [4.78, 5) is 0. The number of aryl methyl sites for hydroxylation is 3. The van der Waals surface area contributed by atoms with Gasteiger partial charge in [-0.05, 0) is 56.5 Å². The monoisotopic (exact) mass is 367 g/mol. The maximum absolute atomic E-state index is 5.93. The van der Waals surface area contributed by atoms with Crippen molar-refractivity contribution in [3.05, 3.63) is 70.5 Å². The second-order valence-electron chi connectivity index (χ2n) is 6.46. The van der Waals surface area contributed by atoms with Crippen LogP contribution in [0, 0.1) is 20.8 Å². The van der Waals surface area contributed by atoms with Crippen LogP contribution in [-0.2, 0) is 18.9 Å². The second-order valence-corrected chi connectivity index (χ2v) is 7.40. The molecule has 0 aliphatic heterocycles. The molecule has 0 saturated carbocycles. The van der Waals surface area contributed by atoms with Gasteiger partial charge in [-0.15, -0.1) is 10.2 Å². The van der Waals surface area contributed by atoms with E-state index in [0.717, 1.165) is 29.0 Å². The number of ether oxygens (including phenoxy) is 1. The normalized spacial score (nSPS) is 10.9. The van der Waals surface area contributed by atoms with Gasteiger partial charge >= 0.3 is 0 Å². The Hall–Kier alpha value is -2.27. The molecule has 4 nitrogen and oxygen atoms in total. The Kier molecular flexibility index (Phi) is 5.99. The molecule has 3 aromatic rings. The zero-order chi connectivity index (χ0) is 18.5. The maximum atomic E-state index is 5.93. The summed E-state index contributed by atoms with van der Waals surface area (Å²) in [5.41, 5.74) is 5.08. The Morgan fingerprint density at radius 3 is 2.58 bits per heavy atom. The van der Waals surface area contributed by atoms with Crippen LogP contribution in [0.3, 0.4) is 0 Å². The Bertz CT molecular complexity index is 889. The number of rotatable bonds is 7. The first-order chi connectivity index (χ1) is 12.6. The first-order valence-electron chi connectivity index (χ1n) is 8.87. The van der Waals surface area contributed by atoms with Crippen LogP contribution in [-0.4, -0.2) is 14.8 Å². The van der Waals surface area contributed by atoms with E-state index in [2.05, 4.69) is 78.9 Å². The summed E-state index contributed by atoms with van der Waals surface area (Å²) in [6, 6.07) is 14.7. The van der Waals surface area contributed by atoms with Gasteiger partial charge in [-0.3, -0.25) is 0 Å². The molecule has 0 aliphatic carbocycles. The molecule has 0 atom stereocenters. The lowest BCUT2D eigenvalue weighted by atomic mass is 10.1. The molecule has 1 heterocycles. The highest BCUT2D eigenvalue weighted by Crippen LogP contribution is 2.23. The van der Waals surface area contributed by atoms with E-state index in [1.165, 1.54) is 22.3 Å². The summed E-state index contributed by atoms with van der Waals surface area (Å²) in [5.74, 6) is 2.61. The number of nitrogens with zero attached hydrogens (tertiary/aromatic N) is 3. The van der Waals surface area contributed by atoms with E-state index in [1.54, 1.807) is 11.8 Å². The average Bonchev–Trinajstić information content (AvgIpc) is 3.03. The van der Waals surface area contributed by atoms with Crippen molar-refractivity contribution >= 4 is 11.8 Å². The highest BCUT2D eigenvalue weighted by atomic mass is 32.2. The van der Waals surface area contributed by atoms with E-state index < -0.39 is 0 Å². The predicted octanol–water partition coefficient (Wildman–Crippen LogP) is 5.09. The Morgan fingerprint density at radius 2 is 1.85 bits per heavy atom. The Morgan fingerprint density at radius 1 is 1.00 bits per heavy atom. The summed E-state index contributed by atoms with van der Waals surface area (Å²) < 4.78 is 8.06. The zero-order valence-electron chi connectivity index (χ0n) is 15.8. The van der Waals surface area contributed by atoms with Crippen molar-refractivity contribution in [3.8, 4) is 5.75 Å². The molecule has 2 aromatic carbocycles. The van der Waals surface area contributed by atoms with Gasteiger partial charge in [0.25, 0.3) is 0 Å². The van der Waals surface area contributed by atoms with Gasteiger partial charge in [0.1, 0.15) is 12.4 Å². The summed E-state index contributed by atoms with van der Waals surface area (Å²) >= 11 is 1.71. The number of hydrogen-bond donors (Lipinski definition) is 0. The number of aromatic nitrogens is 3. The van der Waals surface area contributed by atoms with Gasteiger partial charge in [0.05, 0.1) is 0 Å². The van der Waals surface area contributed by atoms with E-state index in [1.807, 2.05) is 6.07 Å². The minimum absolute atomic E-state index is 0.425. The van der Waals surface area contributed by atoms with E-state index in [0.29, 0.717) is 6.61 Å². The Labute approximate surface area is 159 Å². The molecular weight excluding hydrogens is 342 g/mol. The predicted molar refractivity (Wildman–Crippen MR) is 107 cm³/mol. The minimum atomic E-state index is 0.425. The van der Waals surface area contributed by atoms with Crippen LogP contribution in [0.2, 0.25) is 0 Å². The molecule has 0 spiro atoms. The molecule has 26 heavy (non-hydrogen) atoms. The molecule has 0 bridgehead atoms. The molecule has 0 saturated heterocycles. The van der Waals surface area contributed by atoms with Crippen molar-refractivity contribution in [2.24, 2.45) is 0 Å². The molecule has 0 unspecified atom stereocenters. The van der Waals surface area contributed by atoms with Crippen LogP contribution in [0.4, 0.5) is 0 Å². The second kappa shape index (κ2) is 8.41. The molecule has 0 N–H and O–H groups in total. The minimum Gasteiger partial charge on any atom is -0.486 e. The van der Waals surface area contributed by atoms with Gasteiger partial charge in [0, 0.05) is 12.3 Å². The highest BCUT2D eigenvalue weighted by molar-refractivity contribution is 7.98. The summed E-state index contributed by atoms with van der Waals surface area (Å²) in [6.07, 6.45) is 0. The van der Waals surface area contributed by atoms with Gasteiger partial charge in [-0.1, -0.05) is 47.7 Å². The standard InChI is InChI=1S/C21H25N3OS/c1-5-24-20(13-25-19-10-9-16(3)17(4)12-19)22-23-21(24)26-14-18-8-6-7-15(2)11-18/h6-12H,5,13-14H2,1-4H3. The molecule has 3 rings (SSSR count). The lowest BCUT2D eigenvalue weighted by molar-refractivity contribution is 0.288. The number of benzene rings is 2. The fourth-order valence-electron chi connectivity index (χ4n) is 2.75. The van der Waals surface area contributed by atoms with Crippen LogP contribution in [0.25, 0.3) is 0 Å². The topological polar surface area (TPSA) is 39.9 Å². The fourth-order valence-corrected chi connectivity index (χ4v) is 3.72. The average molecular weight is 368 g/mol. The number of thioether (sulfide) groups is 1. The summed E-state index contributed by atoms with van der Waals surface area (Å²) in [6.45, 7) is 9.68. The number of hydrogen-bond acceptors (Lipinski definition) is 4. The van der Waals surface area contributed by atoms with E-state index in [9.17, 15) is 0 Å². The van der Waals surface area contributed by atoms with Crippen LogP contribution in [0.1, 0.15) is 35.0 Å². The van der Waals surface area contributed by atoms with Gasteiger partial charge in [0.15, 0.2) is 11.0 Å². The van der Waals surface area contributed by atoms with Crippen LogP contribution in [0.5, 0.6) is 5.75 Å². The molecule has 0 amide bonds. The molecular formula is C21H25N3OS. The van der Waals surface area contributed by atoms with Crippen molar-refractivity contribution in [2.45, 2.75) is 51.8 Å². The summed E-state index contributed by atoms with van der Waals surface area (Å²) in [5, 5.41) is 9.64. The molecule has 1 aromatic heterocycles. The SMILES string of the molecule is CCn1c(COc2ccc(C)c(C)c2)nnc1SCc1cccc(C)c1. The quantitative estimate of drug-likeness (QED) is 0.545. The molecule has 0 radical (unpaired) electrons. The molecule has 0 fully saturated rings. The third-order valence-electron chi connectivity index (χ3n) is 4.41. The molecule has 5 heteroatoms. The van der Waals surface area contributed by atoms with Crippen molar-refractivity contribution in [3.63, 3.8) is 0 Å². The maximum Gasteiger partial charge on any atom is 0.191 e. The van der Waals surface area contributed by atoms with Gasteiger partial charge in [0.2, 0.25) is 0 Å². The molecule has 136 valence electrons. The third kappa shape index (κ3) is 4.47. The van der Waals surface area contributed by atoms with E-state index in [-0.39, 0.29) is 0 Å². The fraction of sp³-hybridized carbons (Fsp3) is 0.333. The van der Waals surface area contributed by atoms with Gasteiger partial charge in [-0.25, -0.2) is 0 Å². The van der Waals surface area contributed by atoms with E-state index >= 15 is 0 Å². The van der Waals surface area contributed by atoms with Crippen LogP contribution < -0.4 is 4.74 Å². The smallest absolute Gasteiger partial charge is 0.191 e. The largest absolute Gasteiger partial charge is 0.486 e. The van der Waals surface area contributed by atoms with Crippen molar-refractivity contribution in [1.82, 2.24) is 14.8 Å². The first-order valence-corrected chi connectivity index (χ1v) is 9.86. The first kappa shape index (κ1) is 18.5. The summed E-state index contributed by atoms with van der Waals surface area (Å²) in [7, 11) is 0. The van der Waals surface area contributed by atoms with Gasteiger partial charge in [-0.2, -0.15) is 0 Å².